The number of sulfonamides is 1. The highest BCUT2D eigenvalue weighted by atomic mass is 35.5. The lowest BCUT2D eigenvalue weighted by Gasteiger charge is -2.23. The Morgan fingerprint density at radius 3 is 2.33 bits per heavy atom. The van der Waals surface area contributed by atoms with Gasteiger partial charge < -0.3 is 9.67 Å². The summed E-state index contributed by atoms with van der Waals surface area (Å²) in [4.78, 5) is 23.6. The number of hydrogen-bond acceptors (Lipinski definition) is 5. The summed E-state index contributed by atoms with van der Waals surface area (Å²) in [5, 5.41) is 11.1. The molecular weight excluding hydrogens is 507 g/mol. The number of anilines is 1. The molecule has 0 aliphatic carbocycles. The number of fused-ring (bicyclic) bond motifs is 1. The lowest BCUT2D eigenvalue weighted by molar-refractivity contribution is -0.135. The molecule has 1 N–H and O–H groups in total. The lowest BCUT2D eigenvalue weighted by atomic mass is 10.2. The van der Waals surface area contributed by atoms with Gasteiger partial charge >= 0.3 is 5.97 Å². The number of aromatic nitrogens is 1. The Balaban J connectivity index is 1.80. The van der Waals surface area contributed by atoms with E-state index in [1.165, 1.54) is 42.5 Å². The third-order valence-electron chi connectivity index (χ3n) is 4.84. The van der Waals surface area contributed by atoms with E-state index in [4.69, 9.17) is 23.2 Å². The third-order valence-corrected chi connectivity index (χ3v) is 8.21. The number of thiophene rings is 1. The monoisotopic (exact) mass is 522 g/mol. The number of rotatable bonds is 7. The molecule has 0 atom stereocenters. The SMILES string of the molecule is CC(=O)c1ccc(-n2ccc3cc(N(CC(=O)O)S(=O)(=O)c4cc(Cl)cc(Cl)c4)ccc32)s1. The highest BCUT2D eigenvalue weighted by Gasteiger charge is 2.28. The van der Waals surface area contributed by atoms with Gasteiger partial charge in [-0.15, -0.1) is 11.3 Å². The largest absolute Gasteiger partial charge is 0.480 e. The second-order valence-electron chi connectivity index (χ2n) is 7.13. The summed E-state index contributed by atoms with van der Waals surface area (Å²) < 4.78 is 29.3. The molecule has 0 aliphatic rings. The average Bonchev–Trinajstić information content (AvgIpc) is 3.37. The van der Waals surface area contributed by atoms with Crippen molar-refractivity contribution in [3.05, 3.63) is 75.7 Å². The van der Waals surface area contributed by atoms with Crippen LogP contribution < -0.4 is 4.31 Å². The first-order valence-corrected chi connectivity index (χ1v) is 12.5. The van der Waals surface area contributed by atoms with E-state index in [9.17, 15) is 23.1 Å². The quantitative estimate of drug-likeness (QED) is 0.324. The predicted molar refractivity (Wildman–Crippen MR) is 130 cm³/mol. The van der Waals surface area contributed by atoms with E-state index >= 15 is 0 Å². The maximum atomic E-state index is 13.3. The number of carbonyl (C=O) groups excluding carboxylic acids is 1. The molecule has 2 aromatic heterocycles. The molecule has 4 rings (SSSR count). The molecule has 0 bridgehead atoms. The minimum Gasteiger partial charge on any atom is -0.480 e. The zero-order valence-corrected chi connectivity index (χ0v) is 20.2. The topological polar surface area (TPSA) is 96.7 Å². The first-order valence-electron chi connectivity index (χ1n) is 9.49. The lowest BCUT2D eigenvalue weighted by Crippen LogP contribution is -2.35. The zero-order chi connectivity index (χ0) is 23.9. The number of carboxylic acid groups (broad SMARTS) is 1. The van der Waals surface area contributed by atoms with E-state index in [2.05, 4.69) is 0 Å². The number of aliphatic carboxylic acids is 1. The van der Waals surface area contributed by atoms with Crippen LogP contribution in [0.3, 0.4) is 0 Å². The number of carboxylic acids is 1. The highest BCUT2D eigenvalue weighted by molar-refractivity contribution is 7.92. The summed E-state index contributed by atoms with van der Waals surface area (Å²) >= 11 is 13.3. The molecule has 0 spiro atoms. The van der Waals surface area contributed by atoms with Crippen LogP contribution in [-0.2, 0) is 14.8 Å². The summed E-state index contributed by atoms with van der Waals surface area (Å²) in [6.07, 6.45) is 1.80. The van der Waals surface area contributed by atoms with Gasteiger partial charge in [-0.25, -0.2) is 8.42 Å². The summed E-state index contributed by atoms with van der Waals surface area (Å²) in [6, 6.07) is 14.0. The van der Waals surface area contributed by atoms with E-state index in [0.29, 0.717) is 10.3 Å². The molecule has 170 valence electrons. The molecule has 0 amide bonds. The molecule has 7 nitrogen and oxygen atoms in total. The molecule has 2 heterocycles. The first-order chi connectivity index (χ1) is 15.6. The highest BCUT2D eigenvalue weighted by Crippen LogP contribution is 2.32. The Morgan fingerprint density at radius 1 is 1.03 bits per heavy atom. The fourth-order valence-electron chi connectivity index (χ4n) is 3.37. The molecular formula is C22H16Cl2N2O5S2. The van der Waals surface area contributed by atoms with Crippen LogP contribution in [0.5, 0.6) is 0 Å². The molecule has 0 fully saturated rings. The molecule has 0 saturated carbocycles. The minimum absolute atomic E-state index is 0.0272. The summed E-state index contributed by atoms with van der Waals surface area (Å²) in [5.41, 5.74) is 0.948. The van der Waals surface area contributed by atoms with Gasteiger partial charge in [0.25, 0.3) is 10.0 Å². The van der Waals surface area contributed by atoms with Gasteiger partial charge in [0.1, 0.15) is 11.5 Å². The predicted octanol–water partition coefficient (Wildman–Crippen LogP) is 5.48. The summed E-state index contributed by atoms with van der Waals surface area (Å²) in [5.74, 6) is -1.35. The van der Waals surface area contributed by atoms with Crippen LogP contribution in [0.1, 0.15) is 16.6 Å². The summed E-state index contributed by atoms with van der Waals surface area (Å²) in [6.45, 7) is 0.714. The molecule has 0 aliphatic heterocycles. The smallest absolute Gasteiger partial charge is 0.324 e. The van der Waals surface area contributed by atoms with Crippen LogP contribution in [0.15, 0.2) is 65.7 Å². The Morgan fingerprint density at radius 2 is 1.73 bits per heavy atom. The van der Waals surface area contributed by atoms with E-state index in [-0.39, 0.29) is 26.4 Å². The van der Waals surface area contributed by atoms with Crippen molar-refractivity contribution in [3.8, 4) is 5.00 Å². The van der Waals surface area contributed by atoms with Gasteiger partial charge in [0.05, 0.1) is 21.0 Å². The van der Waals surface area contributed by atoms with E-state index in [1.54, 1.807) is 30.5 Å². The van der Waals surface area contributed by atoms with Gasteiger partial charge in [0, 0.05) is 21.6 Å². The van der Waals surface area contributed by atoms with Crippen LogP contribution in [0.25, 0.3) is 15.9 Å². The maximum Gasteiger partial charge on any atom is 0.324 e. The van der Waals surface area contributed by atoms with Gasteiger partial charge in [-0.05, 0) is 61.5 Å². The number of halogens is 2. The molecule has 4 aromatic rings. The average molecular weight is 523 g/mol. The normalized spacial score (nSPS) is 11.6. The van der Waals surface area contributed by atoms with Crippen LogP contribution in [0.4, 0.5) is 5.69 Å². The Kier molecular flexibility index (Phi) is 6.24. The number of hydrogen-bond donors (Lipinski definition) is 1. The fraction of sp³-hybridized carbons (Fsp3) is 0.0909. The zero-order valence-electron chi connectivity index (χ0n) is 17.0. The number of nitrogens with zero attached hydrogens (tertiary/aromatic N) is 2. The number of benzene rings is 2. The molecule has 0 radical (unpaired) electrons. The second kappa shape index (κ2) is 8.83. The standard InChI is InChI=1S/C22H16Cl2N2O5S2/c1-13(27)20-4-5-21(32-20)25-7-6-14-8-17(2-3-19(14)25)26(12-22(28)29)33(30,31)18-10-15(23)9-16(24)11-18/h2-11H,12H2,1H3,(H,28,29). The fourth-order valence-corrected chi connectivity index (χ4v) is 6.40. The first kappa shape index (κ1) is 23.3. The number of Topliss-reactive ketones (excluding diaryl/α,β-unsaturated/α-hetero) is 1. The molecule has 11 heteroatoms. The number of carbonyl (C=O) groups is 2. The summed E-state index contributed by atoms with van der Waals surface area (Å²) in [7, 11) is -4.27. The van der Waals surface area contributed by atoms with Crippen molar-refractivity contribution in [2.45, 2.75) is 11.8 Å². The molecule has 0 unspecified atom stereocenters. The minimum atomic E-state index is -4.27. The van der Waals surface area contributed by atoms with Crippen molar-refractivity contribution in [2.75, 3.05) is 10.8 Å². The van der Waals surface area contributed by atoms with Gasteiger partial charge in [0.2, 0.25) is 0 Å². The van der Waals surface area contributed by atoms with Gasteiger partial charge in [0.15, 0.2) is 5.78 Å². The van der Waals surface area contributed by atoms with E-state index in [1.807, 2.05) is 10.6 Å². The number of ketones is 1. The Labute approximate surface area is 203 Å². The van der Waals surface area contributed by atoms with E-state index in [0.717, 1.165) is 14.8 Å². The van der Waals surface area contributed by atoms with Crippen LogP contribution in [0, 0.1) is 0 Å². The molecule has 0 saturated heterocycles. The maximum absolute atomic E-state index is 13.3. The van der Waals surface area contributed by atoms with Gasteiger partial charge in [-0.2, -0.15) is 0 Å². The second-order valence-corrected chi connectivity index (χ2v) is 10.9. The van der Waals surface area contributed by atoms with Gasteiger partial charge in [-0.1, -0.05) is 23.2 Å². The molecule has 2 aromatic carbocycles. The van der Waals surface area contributed by atoms with Crippen molar-refractivity contribution in [1.29, 1.82) is 0 Å². The van der Waals surface area contributed by atoms with Crippen LogP contribution >= 0.6 is 34.5 Å². The van der Waals surface area contributed by atoms with Crippen molar-refractivity contribution in [2.24, 2.45) is 0 Å². The Hall–Kier alpha value is -2.85. The van der Waals surface area contributed by atoms with Crippen LogP contribution in [0.2, 0.25) is 10.0 Å². The molecule has 33 heavy (non-hydrogen) atoms. The van der Waals surface area contributed by atoms with E-state index < -0.39 is 22.5 Å². The van der Waals surface area contributed by atoms with Crippen LogP contribution in [-0.4, -0.2) is 36.4 Å². The third kappa shape index (κ3) is 4.63. The van der Waals surface area contributed by atoms with Crippen molar-refractivity contribution < 1.29 is 23.1 Å². The van der Waals surface area contributed by atoms with Crippen molar-refractivity contribution in [1.82, 2.24) is 4.57 Å². The van der Waals surface area contributed by atoms with Crippen molar-refractivity contribution in [3.63, 3.8) is 0 Å². The Bertz CT molecular complexity index is 1490. The van der Waals surface area contributed by atoms with Crippen molar-refractivity contribution >= 4 is 72.9 Å². The van der Waals surface area contributed by atoms with Gasteiger partial charge in [-0.3, -0.25) is 13.9 Å².